The van der Waals surface area contributed by atoms with Crippen LogP contribution in [0.15, 0.2) is 30.3 Å². The molecule has 0 bridgehead atoms. The summed E-state index contributed by atoms with van der Waals surface area (Å²) in [6.45, 7) is 6.74. The van der Waals surface area contributed by atoms with Crippen molar-refractivity contribution in [2.45, 2.75) is 32.8 Å². The lowest BCUT2D eigenvalue weighted by Gasteiger charge is -2.19. The maximum absolute atomic E-state index is 12.9. The third kappa shape index (κ3) is 12.0. The van der Waals surface area contributed by atoms with Crippen molar-refractivity contribution in [2.75, 3.05) is 69.7 Å². The SMILES string of the molecule is COc1ccc(NC(=O)c2ccc(N(C)C)cc2NC(=O)CCOCCOCCNC(=O)OC(C)(C)C)nn1. The van der Waals surface area contributed by atoms with Crippen LogP contribution in [-0.2, 0) is 19.0 Å². The van der Waals surface area contributed by atoms with Gasteiger partial charge in [0, 0.05) is 32.4 Å². The van der Waals surface area contributed by atoms with Gasteiger partial charge in [-0.05, 0) is 45.0 Å². The number of amides is 3. The van der Waals surface area contributed by atoms with Gasteiger partial charge in [0.2, 0.25) is 11.8 Å². The van der Waals surface area contributed by atoms with Crippen LogP contribution >= 0.6 is 0 Å². The van der Waals surface area contributed by atoms with Crippen molar-refractivity contribution in [1.82, 2.24) is 15.5 Å². The monoisotopic (exact) mass is 546 g/mol. The van der Waals surface area contributed by atoms with Crippen molar-refractivity contribution >= 4 is 35.1 Å². The van der Waals surface area contributed by atoms with Gasteiger partial charge in [-0.1, -0.05) is 0 Å². The molecule has 0 radical (unpaired) electrons. The molecule has 0 atom stereocenters. The Morgan fingerprint density at radius 1 is 0.923 bits per heavy atom. The van der Waals surface area contributed by atoms with Gasteiger partial charge < -0.3 is 39.8 Å². The van der Waals surface area contributed by atoms with Crippen molar-refractivity contribution in [3.8, 4) is 5.88 Å². The first kappa shape index (κ1) is 31.2. The minimum absolute atomic E-state index is 0.0808. The number of rotatable bonds is 14. The van der Waals surface area contributed by atoms with Crippen LogP contribution in [0.3, 0.4) is 0 Å². The summed E-state index contributed by atoms with van der Waals surface area (Å²) in [4.78, 5) is 38.9. The molecule has 3 amide bonds. The zero-order chi connectivity index (χ0) is 28.8. The van der Waals surface area contributed by atoms with Crippen LogP contribution in [0.25, 0.3) is 0 Å². The van der Waals surface area contributed by atoms with Crippen LogP contribution in [-0.4, -0.2) is 87.9 Å². The quantitative estimate of drug-likeness (QED) is 0.301. The predicted molar refractivity (Wildman–Crippen MR) is 146 cm³/mol. The number of hydrogen-bond acceptors (Lipinski definition) is 10. The average Bonchev–Trinajstić information content (AvgIpc) is 2.87. The molecule has 1 aromatic heterocycles. The summed E-state index contributed by atoms with van der Waals surface area (Å²) in [6, 6.07) is 8.26. The second kappa shape index (κ2) is 15.4. The van der Waals surface area contributed by atoms with E-state index in [4.69, 9.17) is 18.9 Å². The Bertz CT molecular complexity index is 1090. The van der Waals surface area contributed by atoms with Gasteiger partial charge >= 0.3 is 6.09 Å². The van der Waals surface area contributed by atoms with E-state index < -0.39 is 17.6 Å². The lowest BCUT2D eigenvalue weighted by Crippen LogP contribution is -2.34. The zero-order valence-corrected chi connectivity index (χ0v) is 23.3. The standard InChI is InChI=1S/C26H38N6O7/c1-26(2,3)39-25(35)27-12-14-38-16-15-37-13-11-22(33)28-20-17-18(32(4)5)7-8-19(20)24(34)29-21-9-10-23(36-6)31-30-21/h7-10,17H,11-16H2,1-6H3,(H,27,35)(H,28,33)(H,29,30,34). The van der Waals surface area contributed by atoms with Crippen molar-refractivity contribution in [1.29, 1.82) is 0 Å². The van der Waals surface area contributed by atoms with Gasteiger partial charge in [0.25, 0.3) is 5.91 Å². The fourth-order valence-electron chi connectivity index (χ4n) is 3.03. The topological polar surface area (TPSA) is 153 Å². The summed E-state index contributed by atoms with van der Waals surface area (Å²) < 4.78 is 21.0. The summed E-state index contributed by atoms with van der Waals surface area (Å²) >= 11 is 0. The zero-order valence-electron chi connectivity index (χ0n) is 23.3. The van der Waals surface area contributed by atoms with E-state index in [0.717, 1.165) is 5.69 Å². The number of ether oxygens (including phenoxy) is 4. The highest BCUT2D eigenvalue weighted by Gasteiger charge is 2.17. The van der Waals surface area contributed by atoms with E-state index in [1.54, 1.807) is 51.1 Å². The third-order valence-electron chi connectivity index (χ3n) is 4.89. The van der Waals surface area contributed by atoms with E-state index in [1.807, 2.05) is 19.0 Å². The Balaban J connectivity index is 1.78. The van der Waals surface area contributed by atoms with E-state index in [0.29, 0.717) is 31.3 Å². The van der Waals surface area contributed by atoms with Gasteiger partial charge in [-0.15, -0.1) is 10.2 Å². The Hall–Kier alpha value is -3.97. The van der Waals surface area contributed by atoms with Gasteiger partial charge in [0.05, 0.1) is 51.2 Å². The molecule has 214 valence electrons. The van der Waals surface area contributed by atoms with Gasteiger partial charge in [-0.25, -0.2) is 4.79 Å². The molecule has 2 rings (SSSR count). The smallest absolute Gasteiger partial charge is 0.407 e. The number of alkyl carbamates (subject to hydrolysis) is 1. The number of benzene rings is 1. The molecule has 0 aliphatic rings. The molecule has 2 aromatic rings. The van der Waals surface area contributed by atoms with Gasteiger partial charge in [0.1, 0.15) is 5.60 Å². The van der Waals surface area contributed by atoms with Crippen LogP contribution < -0.4 is 25.6 Å². The Kier molecular flexibility index (Phi) is 12.4. The van der Waals surface area contributed by atoms with E-state index in [1.165, 1.54) is 7.11 Å². The molecule has 0 saturated carbocycles. The Morgan fingerprint density at radius 2 is 1.64 bits per heavy atom. The highest BCUT2D eigenvalue weighted by Crippen LogP contribution is 2.24. The number of hydrogen-bond donors (Lipinski definition) is 3. The van der Waals surface area contributed by atoms with Crippen LogP contribution in [0.4, 0.5) is 22.0 Å². The highest BCUT2D eigenvalue weighted by molar-refractivity contribution is 6.10. The predicted octanol–water partition coefficient (Wildman–Crippen LogP) is 2.69. The van der Waals surface area contributed by atoms with Gasteiger partial charge in [-0.3, -0.25) is 9.59 Å². The van der Waals surface area contributed by atoms with Crippen molar-refractivity contribution in [3.05, 3.63) is 35.9 Å². The number of aromatic nitrogens is 2. The minimum atomic E-state index is -0.555. The second-order valence-electron chi connectivity index (χ2n) is 9.49. The van der Waals surface area contributed by atoms with E-state index >= 15 is 0 Å². The van der Waals surface area contributed by atoms with Gasteiger partial charge in [0.15, 0.2) is 5.82 Å². The molecule has 0 unspecified atom stereocenters. The number of carbonyl (C=O) groups excluding carboxylic acids is 3. The molecule has 13 heteroatoms. The highest BCUT2D eigenvalue weighted by atomic mass is 16.6. The lowest BCUT2D eigenvalue weighted by atomic mass is 10.1. The van der Waals surface area contributed by atoms with Crippen molar-refractivity contribution < 1.29 is 33.3 Å². The molecule has 0 fully saturated rings. The number of nitrogens with one attached hydrogen (secondary N) is 3. The maximum atomic E-state index is 12.9. The van der Waals surface area contributed by atoms with Gasteiger partial charge in [-0.2, -0.15) is 0 Å². The lowest BCUT2D eigenvalue weighted by molar-refractivity contribution is -0.117. The average molecular weight is 547 g/mol. The third-order valence-corrected chi connectivity index (χ3v) is 4.89. The minimum Gasteiger partial charge on any atom is -0.480 e. The van der Waals surface area contributed by atoms with Crippen LogP contribution in [0, 0.1) is 0 Å². The summed E-state index contributed by atoms with van der Waals surface area (Å²) in [6.07, 6.45) is -0.420. The first-order valence-electron chi connectivity index (χ1n) is 12.4. The van der Waals surface area contributed by atoms with E-state index in [-0.39, 0.29) is 36.9 Å². The molecule has 0 saturated heterocycles. The van der Waals surface area contributed by atoms with Crippen LogP contribution in [0.5, 0.6) is 5.88 Å². The molecule has 0 spiro atoms. The Labute approximate surface area is 228 Å². The molecular formula is C26H38N6O7. The molecule has 1 aromatic carbocycles. The summed E-state index contributed by atoms with van der Waals surface area (Å²) in [5, 5.41) is 15.8. The number of carbonyl (C=O) groups is 3. The molecule has 1 heterocycles. The molecule has 0 aliphatic carbocycles. The number of nitrogens with zero attached hydrogens (tertiary/aromatic N) is 3. The summed E-state index contributed by atoms with van der Waals surface area (Å²) in [5.74, 6) is -0.206. The van der Waals surface area contributed by atoms with Crippen LogP contribution in [0.2, 0.25) is 0 Å². The molecule has 3 N–H and O–H groups in total. The summed E-state index contributed by atoms with van der Waals surface area (Å²) in [5.41, 5.74) is 0.869. The van der Waals surface area contributed by atoms with Crippen molar-refractivity contribution in [2.24, 2.45) is 0 Å². The first-order valence-corrected chi connectivity index (χ1v) is 12.4. The number of anilines is 3. The molecule has 0 aliphatic heterocycles. The molecule has 13 nitrogen and oxygen atoms in total. The fraction of sp³-hybridized carbons (Fsp3) is 0.500. The van der Waals surface area contributed by atoms with Crippen LogP contribution in [0.1, 0.15) is 37.6 Å². The normalized spacial score (nSPS) is 10.9. The molecular weight excluding hydrogens is 508 g/mol. The van der Waals surface area contributed by atoms with E-state index in [2.05, 4.69) is 26.1 Å². The largest absolute Gasteiger partial charge is 0.480 e. The maximum Gasteiger partial charge on any atom is 0.407 e. The first-order chi connectivity index (χ1) is 18.5. The second-order valence-corrected chi connectivity index (χ2v) is 9.49. The number of methoxy groups -OCH3 is 1. The summed E-state index contributed by atoms with van der Waals surface area (Å²) in [7, 11) is 5.19. The van der Waals surface area contributed by atoms with E-state index in [9.17, 15) is 14.4 Å². The molecule has 39 heavy (non-hydrogen) atoms. The fourth-order valence-corrected chi connectivity index (χ4v) is 3.03. The van der Waals surface area contributed by atoms with Crippen molar-refractivity contribution in [3.63, 3.8) is 0 Å². The Morgan fingerprint density at radius 3 is 2.26 bits per heavy atom.